The predicted molar refractivity (Wildman–Crippen MR) is 114 cm³/mol. The Labute approximate surface area is 169 Å². The van der Waals surface area contributed by atoms with Crippen molar-refractivity contribution in [3.8, 4) is 0 Å². The lowest BCUT2D eigenvalue weighted by Gasteiger charge is -2.34. The third kappa shape index (κ3) is 3.59. The summed E-state index contributed by atoms with van der Waals surface area (Å²) in [7, 11) is 0. The second-order valence-electron chi connectivity index (χ2n) is 7.61. The van der Waals surface area contributed by atoms with Crippen LogP contribution in [0.4, 0.5) is 5.82 Å². The number of benzene rings is 1. The van der Waals surface area contributed by atoms with Crippen LogP contribution in [0, 0.1) is 0 Å². The van der Waals surface area contributed by atoms with Gasteiger partial charge in [0.05, 0.1) is 29.3 Å². The molecule has 1 aromatic carbocycles. The van der Waals surface area contributed by atoms with Gasteiger partial charge in [-0.25, -0.2) is 9.97 Å². The second kappa shape index (κ2) is 7.64. The van der Waals surface area contributed by atoms with Gasteiger partial charge in [0.1, 0.15) is 11.6 Å². The summed E-state index contributed by atoms with van der Waals surface area (Å²) in [5, 5.41) is 0. The summed E-state index contributed by atoms with van der Waals surface area (Å²) in [6.45, 7) is 1.40. The van der Waals surface area contributed by atoms with Crippen LogP contribution in [0.5, 0.6) is 0 Å². The number of fused-ring (bicyclic) bond motifs is 2. The van der Waals surface area contributed by atoms with Crippen molar-refractivity contribution in [3.63, 3.8) is 0 Å². The number of aromatic nitrogens is 4. The Morgan fingerprint density at radius 1 is 1.00 bits per heavy atom. The normalized spacial score (nSPS) is 16.2. The van der Waals surface area contributed by atoms with E-state index in [1.165, 1.54) is 11.3 Å². The number of aromatic amines is 1. The van der Waals surface area contributed by atoms with E-state index in [-0.39, 0.29) is 6.04 Å². The molecule has 146 valence electrons. The fourth-order valence-corrected chi connectivity index (χ4v) is 4.29. The third-order valence-electron chi connectivity index (χ3n) is 5.70. The van der Waals surface area contributed by atoms with Gasteiger partial charge >= 0.3 is 0 Å². The van der Waals surface area contributed by atoms with Gasteiger partial charge in [0.2, 0.25) is 0 Å². The molecule has 0 spiro atoms. The summed E-state index contributed by atoms with van der Waals surface area (Å²) in [6, 6.07) is 16.6. The van der Waals surface area contributed by atoms with Crippen LogP contribution in [0.15, 0.2) is 60.9 Å². The zero-order valence-corrected chi connectivity index (χ0v) is 16.3. The number of para-hydroxylation sites is 2. The van der Waals surface area contributed by atoms with Crippen LogP contribution in [0.25, 0.3) is 11.0 Å². The van der Waals surface area contributed by atoms with E-state index in [1.807, 2.05) is 36.5 Å². The van der Waals surface area contributed by atoms with Crippen LogP contribution in [0.3, 0.4) is 0 Å². The van der Waals surface area contributed by atoms with Crippen molar-refractivity contribution >= 4 is 16.9 Å². The van der Waals surface area contributed by atoms with Gasteiger partial charge in [-0.05, 0) is 49.1 Å². The minimum atomic E-state index is 0.229. The van der Waals surface area contributed by atoms with E-state index >= 15 is 0 Å². The molecule has 1 aliphatic carbocycles. The molecule has 3 N–H and O–H groups in total. The number of hydrogen-bond donors (Lipinski definition) is 2. The summed E-state index contributed by atoms with van der Waals surface area (Å²) in [6.07, 6.45) is 6.95. The highest BCUT2D eigenvalue weighted by Gasteiger charge is 2.28. The number of nitrogens with two attached hydrogens (primary N) is 1. The highest BCUT2D eigenvalue weighted by molar-refractivity contribution is 5.74. The number of nitrogens with zero attached hydrogens (tertiary/aromatic N) is 4. The Kier molecular flexibility index (Phi) is 4.69. The molecular weight excluding hydrogens is 360 g/mol. The SMILES string of the molecule is Nc1ncccc1CN(Cc1nc2ccccc2[nH]1)C1CCCc2cccnc21. The molecule has 1 atom stereocenters. The topological polar surface area (TPSA) is 83.7 Å². The maximum atomic E-state index is 6.17. The van der Waals surface area contributed by atoms with Gasteiger partial charge in [-0.3, -0.25) is 9.88 Å². The van der Waals surface area contributed by atoms with Gasteiger partial charge in [-0.1, -0.05) is 24.3 Å². The summed E-state index contributed by atoms with van der Waals surface area (Å²) in [5.41, 5.74) is 11.8. The minimum absolute atomic E-state index is 0.229. The average Bonchev–Trinajstić information content (AvgIpc) is 3.17. The van der Waals surface area contributed by atoms with Crippen molar-refractivity contribution < 1.29 is 0 Å². The van der Waals surface area contributed by atoms with E-state index in [4.69, 9.17) is 15.7 Å². The average molecular weight is 384 g/mol. The zero-order chi connectivity index (χ0) is 19.6. The third-order valence-corrected chi connectivity index (χ3v) is 5.70. The number of nitrogens with one attached hydrogen (secondary N) is 1. The quantitative estimate of drug-likeness (QED) is 0.543. The molecule has 0 amide bonds. The number of anilines is 1. The van der Waals surface area contributed by atoms with Crippen LogP contribution in [-0.2, 0) is 19.5 Å². The molecule has 5 rings (SSSR count). The molecule has 0 saturated heterocycles. The maximum absolute atomic E-state index is 6.17. The van der Waals surface area contributed by atoms with Crippen LogP contribution in [0.1, 0.15) is 41.5 Å². The van der Waals surface area contributed by atoms with Crippen molar-refractivity contribution in [2.75, 3.05) is 5.73 Å². The van der Waals surface area contributed by atoms with Crippen molar-refractivity contribution in [1.29, 1.82) is 0 Å². The number of rotatable bonds is 5. The molecule has 29 heavy (non-hydrogen) atoms. The van der Waals surface area contributed by atoms with Crippen molar-refractivity contribution in [1.82, 2.24) is 24.8 Å². The fourth-order valence-electron chi connectivity index (χ4n) is 4.29. The molecule has 0 radical (unpaired) electrons. The predicted octanol–water partition coefficient (Wildman–Crippen LogP) is 4.01. The van der Waals surface area contributed by atoms with Gasteiger partial charge < -0.3 is 10.7 Å². The van der Waals surface area contributed by atoms with Crippen LogP contribution in [0.2, 0.25) is 0 Å². The highest BCUT2D eigenvalue weighted by atomic mass is 15.2. The van der Waals surface area contributed by atoms with Gasteiger partial charge in [-0.15, -0.1) is 0 Å². The van der Waals surface area contributed by atoms with Gasteiger partial charge in [-0.2, -0.15) is 0 Å². The number of H-pyrrole nitrogens is 1. The largest absolute Gasteiger partial charge is 0.383 e. The molecular formula is C23H24N6. The number of pyridine rings is 2. The number of imidazole rings is 1. The molecule has 1 aliphatic rings. The summed E-state index contributed by atoms with van der Waals surface area (Å²) in [5.74, 6) is 1.54. The summed E-state index contributed by atoms with van der Waals surface area (Å²) in [4.78, 5) is 19.7. The Hall–Kier alpha value is -3.25. The molecule has 0 aliphatic heterocycles. The molecule has 6 nitrogen and oxygen atoms in total. The smallest absolute Gasteiger partial charge is 0.127 e. The molecule has 0 fully saturated rings. The lowest BCUT2D eigenvalue weighted by Crippen LogP contribution is -2.32. The van der Waals surface area contributed by atoms with Crippen LogP contribution in [-0.4, -0.2) is 24.8 Å². The van der Waals surface area contributed by atoms with Gasteiger partial charge in [0, 0.05) is 24.5 Å². The first kappa shape index (κ1) is 17.8. The van der Waals surface area contributed by atoms with E-state index in [0.717, 1.165) is 41.7 Å². The van der Waals surface area contributed by atoms with Crippen molar-refractivity contribution in [2.24, 2.45) is 0 Å². The number of aryl methyl sites for hydroxylation is 1. The minimum Gasteiger partial charge on any atom is -0.383 e. The fraction of sp³-hybridized carbons (Fsp3) is 0.261. The monoisotopic (exact) mass is 384 g/mol. The molecule has 3 aromatic heterocycles. The molecule has 3 heterocycles. The van der Waals surface area contributed by atoms with E-state index in [0.29, 0.717) is 18.9 Å². The number of nitrogen functional groups attached to an aromatic ring is 1. The van der Waals surface area contributed by atoms with Crippen molar-refractivity contribution in [3.05, 3.63) is 83.6 Å². The van der Waals surface area contributed by atoms with E-state index in [2.05, 4.69) is 33.1 Å². The molecule has 0 bridgehead atoms. The zero-order valence-electron chi connectivity index (χ0n) is 16.3. The number of hydrogen-bond acceptors (Lipinski definition) is 5. The van der Waals surface area contributed by atoms with Gasteiger partial charge in [0.15, 0.2) is 0 Å². The first-order valence-corrected chi connectivity index (χ1v) is 10.1. The van der Waals surface area contributed by atoms with E-state index < -0.39 is 0 Å². The van der Waals surface area contributed by atoms with Gasteiger partial charge in [0.25, 0.3) is 0 Å². The summed E-state index contributed by atoms with van der Waals surface area (Å²) >= 11 is 0. The molecule has 1 unspecified atom stereocenters. The standard InChI is InChI=1S/C23H24N6/c24-23-17(8-5-13-26-23)14-29(15-21-27-18-9-1-2-10-19(18)28-21)20-11-3-6-16-7-4-12-25-22(16)20/h1-2,4-5,7-10,12-13,20H,3,6,11,14-15H2,(H2,24,26)(H,27,28). The van der Waals surface area contributed by atoms with Crippen LogP contribution >= 0.6 is 0 Å². The van der Waals surface area contributed by atoms with E-state index in [9.17, 15) is 0 Å². The summed E-state index contributed by atoms with van der Waals surface area (Å²) < 4.78 is 0. The Morgan fingerprint density at radius 2 is 1.86 bits per heavy atom. The first-order chi connectivity index (χ1) is 14.3. The molecule has 6 heteroatoms. The second-order valence-corrected chi connectivity index (χ2v) is 7.61. The molecule has 0 saturated carbocycles. The lowest BCUT2D eigenvalue weighted by molar-refractivity contribution is 0.153. The highest BCUT2D eigenvalue weighted by Crippen LogP contribution is 2.35. The Bertz CT molecular complexity index is 1100. The van der Waals surface area contributed by atoms with E-state index in [1.54, 1.807) is 6.20 Å². The van der Waals surface area contributed by atoms with Crippen LogP contribution < -0.4 is 5.73 Å². The Balaban J connectivity index is 1.51. The maximum Gasteiger partial charge on any atom is 0.127 e. The Morgan fingerprint density at radius 3 is 2.76 bits per heavy atom. The lowest BCUT2D eigenvalue weighted by atomic mass is 9.90. The first-order valence-electron chi connectivity index (χ1n) is 10.1. The van der Waals surface area contributed by atoms with Crippen molar-refractivity contribution in [2.45, 2.75) is 38.4 Å². The molecule has 4 aromatic rings.